The Labute approximate surface area is 61.9 Å². The number of nitriles is 1. The molecule has 5 heteroatoms. The zero-order valence-corrected chi connectivity index (χ0v) is 5.47. The average Bonchev–Trinajstić information content (AvgIpc) is 2.46. The van der Waals surface area contributed by atoms with Gasteiger partial charge in [-0.25, -0.2) is 9.97 Å². The van der Waals surface area contributed by atoms with Crippen molar-refractivity contribution in [3.63, 3.8) is 0 Å². The molecule has 0 aromatic carbocycles. The molecule has 0 N–H and O–H groups in total. The van der Waals surface area contributed by atoms with Crippen molar-refractivity contribution in [2.75, 3.05) is 0 Å². The molecule has 0 unspecified atom stereocenters. The van der Waals surface area contributed by atoms with E-state index in [4.69, 9.17) is 5.26 Å². The lowest BCUT2D eigenvalue weighted by Crippen LogP contribution is -1.86. The van der Waals surface area contributed by atoms with Gasteiger partial charge < -0.3 is 0 Å². The third-order valence-corrected chi connectivity index (χ3v) is 1.28. The first-order valence-corrected chi connectivity index (χ1v) is 2.95. The Kier molecular flexibility index (Phi) is 1.07. The molecule has 2 aromatic heterocycles. The van der Waals surface area contributed by atoms with Crippen LogP contribution in [0.5, 0.6) is 0 Å². The molecule has 0 atom stereocenters. The predicted octanol–water partition coefficient (Wildman–Crippen LogP) is 0.155. The lowest BCUT2D eigenvalue weighted by molar-refractivity contribution is 0.906. The molecule has 0 aliphatic carbocycles. The largest absolute Gasteiger partial charge is 0.244 e. The van der Waals surface area contributed by atoms with Crippen molar-refractivity contribution >= 4 is 11.0 Å². The lowest BCUT2D eigenvalue weighted by Gasteiger charge is -1.79. The second-order valence-corrected chi connectivity index (χ2v) is 1.98. The molecule has 5 nitrogen and oxygen atoms in total. The highest BCUT2D eigenvalue weighted by molar-refractivity contribution is 5.72. The van der Waals surface area contributed by atoms with Crippen LogP contribution in [0.1, 0.15) is 0 Å². The van der Waals surface area contributed by atoms with Crippen molar-refractivity contribution in [3.8, 4) is 6.19 Å². The van der Waals surface area contributed by atoms with Gasteiger partial charge in [-0.05, 0) is 0 Å². The smallest absolute Gasteiger partial charge is 0.206 e. The Balaban J connectivity index is 2.81. The van der Waals surface area contributed by atoms with Gasteiger partial charge in [-0.1, -0.05) is 0 Å². The first kappa shape index (κ1) is 5.80. The summed E-state index contributed by atoms with van der Waals surface area (Å²) in [6.45, 7) is 0. The summed E-state index contributed by atoms with van der Waals surface area (Å²) in [7, 11) is 0. The van der Waals surface area contributed by atoms with Crippen molar-refractivity contribution in [2.45, 2.75) is 0 Å². The van der Waals surface area contributed by atoms with Gasteiger partial charge in [0.1, 0.15) is 6.33 Å². The van der Waals surface area contributed by atoms with Crippen LogP contribution in [0.25, 0.3) is 11.0 Å². The van der Waals surface area contributed by atoms with E-state index in [1.54, 1.807) is 12.4 Å². The van der Waals surface area contributed by atoms with Gasteiger partial charge in [0.25, 0.3) is 0 Å². The SMILES string of the molecule is N#Cn1cc2cncnc2n1. The van der Waals surface area contributed by atoms with Gasteiger partial charge in [-0.15, -0.1) is 5.10 Å². The molecule has 0 radical (unpaired) electrons. The molecule has 52 valence electrons. The summed E-state index contributed by atoms with van der Waals surface area (Å²) in [5, 5.41) is 13.0. The van der Waals surface area contributed by atoms with Gasteiger partial charge in [-0.3, -0.25) is 0 Å². The zero-order chi connectivity index (χ0) is 7.68. The van der Waals surface area contributed by atoms with Gasteiger partial charge in [0.05, 0.1) is 11.6 Å². The molecule has 2 rings (SSSR count). The minimum atomic E-state index is 0.543. The van der Waals surface area contributed by atoms with Crippen LogP contribution in [0.2, 0.25) is 0 Å². The van der Waals surface area contributed by atoms with Crippen LogP contribution in [0.4, 0.5) is 0 Å². The molecule has 0 spiro atoms. The average molecular weight is 145 g/mol. The van der Waals surface area contributed by atoms with Gasteiger partial charge >= 0.3 is 0 Å². The summed E-state index contributed by atoms with van der Waals surface area (Å²) >= 11 is 0. The minimum absolute atomic E-state index is 0.543. The summed E-state index contributed by atoms with van der Waals surface area (Å²) in [4.78, 5) is 7.64. The highest BCUT2D eigenvalue weighted by Gasteiger charge is 1.98. The van der Waals surface area contributed by atoms with Crippen LogP contribution in [0, 0.1) is 11.5 Å². The Morgan fingerprint density at radius 2 is 2.45 bits per heavy atom. The molecule has 11 heavy (non-hydrogen) atoms. The van der Waals surface area contributed by atoms with Gasteiger partial charge in [-0.2, -0.15) is 9.94 Å². The summed E-state index contributed by atoms with van der Waals surface area (Å²) in [6, 6.07) is 0. The van der Waals surface area contributed by atoms with E-state index in [9.17, 15) is 0 Å². The third kappa shape index (κ3) is 0.809. The third-order valence-electron chi connectivity index (χ3n) is 1.28. The van der Waals surface area contributed by atoms with Crippen molar-refractivity contribution in [1.82, 2.24) is 19.7 Å². The fourth-order valence-corrected chi connectivity index (χ4v) is 0.822. The number of hydrogen-bond donors (Lipinski definition) is 0. The van der Waals surface area contributed by atoms with E-state index in [1.807, 2.05) is 6.19 Å². The zero-order valence-electron chi connectivity index (χ0n) is 5.47. The van der Waals surface area contributed by atoms with Crippen LogP contribution in [0.3, 0.4) is 0 Å². The molecular formula is C6H3N5. The quantitative estimate of drug-likeness (QED) is 0.529. The van der Waals surface area contributed by atoms with Crippen molar-refractivity contribution in [2.24, 2.45) is 0 Å². The van der Waals surface area contributed by atoms with Gasteiger partial charge in [0, 0.05) is 6.20 Å². The number of hydrogen-bond acceptors (Lipinski definition) is 4. The fraction of sp³-hybridized carbons (Fsp3) is 0. The highest BCUT2D eigenvalue weighted by atomic mass is 15.3. The standard InChI is InChI=1S/C6H3N5/c7-3-11-2-5-1-8-4-9-6(5)10-11/h1-2,4H. The topological polar surface area (TPSA) is 67.4 Å². The van der Waals surface area contributed by atoms with Crippen LogP contribution >= 0.6 is 0 Å². The van der Waals surface area contributed by atoms with E-state index in [-0.39, 0.29) is 0 Å². The summed E-state index contributed by atoms with van der Waals surface area (Å²) < 4.78 is 1.15. The molecule has 2 heterocycles. The van der Waals surface area contributed by atoms with Crippen molar-refractivity contribution in [1.29, 1.82) is 5.26 Å². The molecule has 2 aromatic rings. The molecule has 0 fully saturated rings. The molecule has 0 saturated carbocycles. The fourth-order valence-electron chi connectivity index (χ4n) is 0.822. The molecular weight excluding hydrogens is 142 g/mol. The maximum absolute atomic E-state index is 8.44. The van der Waals surface area contributed by atoms with E-state index in [1.165, 1.54) is 6.33 Å². The van der Waals surface area contributed by atoms with E-state index in [0.29, 0.717) is 5.65 Å². The first-order chi connectivity index (χ1) is 5.40. The number of fused-ring (bicyclic) bond motifs is 1. The second-order valence-electron chi connectivity index (χ2n) is 1.98. The normalized spacial score (nSPS) is 9.73. The van der Waals surface area contributed by atoms with Crippen molar-refractivity contribution < 1.29 is 0 Å². The van der Waals surface area contributed by atoms with Gasteiger partial charge in [0.15, 0.2) is 5.65 Å². The second kappa shape index (κ2) is 2.02. The maximum Gasteiger partial charge on any atom is 0.206 e. The number of rotatable bonds is 0. The highest BCUT2D eigenvalue weighted by Crippen LogP contribution is 2.04. The van der Waals surface area contributed by atoms with E-state index >= 15 is 0 Å². The lowest BCUT2D eigenvalue weighted by atomic mass is 10.5. The Bertz CT molecular complexity index is 391. The van der Waals surface area contributed by atoms with E-state index < -0.39 is 0 Å². The Morgan fingerprint density at radius 3 is 3.18 bits per heavy atom. The summed E-state index contributed by atoms with van der Waals surface area (Å²) in [5.41, 5.74) is 0.543. The van der Waals surface area contributed by atoms with Crippen LogP contribution < -0.4 is 0 Å². The Morgan fingerprint density at radius 1 is 1.55 bits per heavy atom. The molecule has 0 saturated heterocycles. The van der Waals surface area contributed by atoms with Crippen LogP contribution in [0.15, 0.2) is 18.7 Å². The summed E-state index contributed by atoms with van der Waals surface area (Å²) in [5.74, 6) is 0. The molecule has 0 amide bonds. The van der Waals surface area contributed by atoms with Crippen LogP contribution in [-0.2, 0) is 0 Å². The first-order valence-electron chi connectivity index (χ1n) is 2.95. The molecule has 0 aliphatic heterocycles. The summed E-state index contributed by atoms with van der Waals surface area (Å²) in [6.07, 6.45) is 6.45. The molecule has 0 bridgehead atoms. The Hall–Kier alpha value is -1.96. The van der Waals surface area contributed by atoms with E-state index in [0.717, 1.165) is 10.1 Å². The number of nitrogens with zero attached hydrogens (tertiary/aromatic N) is 5. The predicted molar refractivity (Wildman–Crippen MR) is 36.3 cm³/mol. The minimum Gasteiger partial charge on any atom is -0.244 e. The van der Waals surface area contributed by atoms with Gasteiger partial charge in [0.2, 0.25) is 6.19 Å². The van der Waals surface area contributed by atoms with Crippen LogP contribution in [-0.4, -0.2) is 19.7 Å². The van der Waals surface area contributed by atoms with Crippen molar-refractivity contribution in [3.05, 3.63) is 18.7 Å². The maximum atomic E-state index is 8.44. The molecule has 0 aliphatic rings. The monoisotopic (exact) mass is 145 g/mol. The number of aromatic nitrogens is 4. The van der Waals surface area contributed by atoms with E-state index in [2.05, 4.69) is 15.1 Å².